The van der Waals surface area contributed by atoms with Crippen LogP contribution in [-0.2, 0) is 0 Å². The maximum absolute atomic E-state index is 11.7. The van der Waals surface area contributed by atoms with E-state index in [-0.39, 0.29) is 12.2 Å². The molecule has 0 saturated carbocycles. The number of hydrogen-bond acceptors (Lipinski definition) is 3. The summed E-state index contributed by atoms with van der Waals surface area (Å²) >= 11 is 0. The standard InChI is InChI=1S/C11H9N3O/c1-2-3-4-11(15)9-7-13-14-6-5-12-8-10(9)14/h5-8H,4H2,1H3. The molecule has 0 saturated heterocycles. The van der Waals surface area contributed by atoms with E-state index in [0.29, 0.717) is 5.56 Å². The second-order valence-corrected chi connectivity index (χ2v) is 2.99. The van der Waals surface area contributed by atoms with Gasteiger partial charge >= 0.3 is 0 Å². The van der Waals surface area contributed by atoms with Gasteiger partial charge in [-0.15, -0.1) is 5.92 Å². The van der Waals surface area contributed by atoms with Gasteiger partial charge in [-0.25, -0.2) is 4.52 Å². The first kappa shape index (κ1) is 9.41. The van der Waals surface area contributed by atoms with Crippen LogP contribution in [0.4, 0.5) is 0 Å². The van der Waals surface area contributed by atoms with Gasteiger partial charge in [0.2, 0.25) is 0 Å². The van der Waals surface area contributed by atoms with Crippen molar-refractivity contribution in [3.05, 3.63) is 30.4 Å². The maximum atomic E-state index is 11.7. The zero-order valence-electron chi connectivity index (χ0n) is 8.27. The van der Waals surface area contributed by atoms with Crippen molar-refractivity contribution in [2.75, 3.05) is 0 Å². The molecule has 0 unspecified atom stereocenters. The van der Waals surface area contributed by atoms with Crippen LogP contribution in [-0.4, -0.2) is 20.4 Å². The van der Waals surface area contributed by atoms with Gasteiger partial charge in [0.05, 0.1) is 29.9 Å². The van der Waals surface area contributed by atoms with Crippen LogP contribution in [0.5, 0.6) is 0 Å². The molecule has 0 aromatic carbocycles. The van der Waals surface area contributed by atoms with Gasteiger partial charge in [0.25, 0.3) is 0 Å². The van der Waals surface area contributed by atoms with E-state index in [1.54, 1.807) is 36.2 Å². The molecule has 0 bridgehead atoms. The molecule has 0 fully saturated rings. The number of nitrogens with zero attached hydrogens (tertiary/aromatic N) is 3. The summed E-state index contributed by atoms with van der Waals surface area (Å²) in [4.78, 5) is 15.7. The van der Waals surface area contributed by atoms with Crippen LogP contribution in [0.2, 0.25) is 0 Å². The van der Waals surface area contributed by atoms with Crippen molar-refractivity contribution in [3.63, 3.8) is 0 Å². The third-order valence-electron chi connectivity index (χ3n) is 2.05. The van der Waals surface area contributed by atoms with Gasteiger partial charge in [-0.2, -0.15) is 5.10 Å². The molecule has 2 aromatic heterocycles. The summed E-state index contributed by atoms with van der Waals surface area (Å²) in [6.45, 7) is 1.71. The first-order chi connectivity index (χ1) is 7.33. The van der Waals surface area contributed by atoms with Crippen molar-refractivity contribution in [1.29, 1.82) is 0 Å². The second kappa shape index (κ2) is 3.93. The summed E-state index contributed by atoms with van der Waals surface area (Å²) in [5.41, 5.74) is 1.30. The summed E-state index contributed by atoms with van der Waals surface area (Å²) in [5, 5.41) is 4.06. The van der Waals surface area contributed by atoms with Crippen molar-refractivity contribution >= 4 is 11.3 Å². The molecule has 0 aliphatic heterocycles. The largest absolute Gasteiger partial charge is 0.293 e. The maximum Gasteiger partial charge on any atom is 0.178 e. The smallest absolute Gasteiger partial charge is 0.178 e. The average molecular weight is 199 g/mol. The zero-order chi connectivity index (χ0) is 10.7. The van der Waals surface area contributed by atoms with E-state index in [2.05, 4.69) is 21.9 Å². The molecule has 2 aromatic rings. The molecular formula is C11H9N3O. The summed E-state index contributed by atoms with van der Waals surface area (Å²) in [6, 6.07) is 0. The van der Waals surface area contributed by atoms with Crippen molar-refractivity contribution in [2.45, 2.75) is 13.3 Å². The summed E-state index contributed by atoms with van der Waals surface area (Å²) in [5.74, 6) is 5.42. The van der Waals surface area contributed by atoms with Gasteiger partial charge in [0.1, 0.15) is 0 Å². The average Bonchev–Trinajstić information content (AvgIpc) is 2.69. The Labute approximate surface area is 86.9 Å². The van der Waals surface area contributed by atoms with Crippen molar-refractivity contribution < 1.29 is 4.79 Å². The Morgan fingerprint density at radius 2 is 2.40 bits per heavy atom. The first-order valence-corrected chi connectivity index (χ1v) is 4.53. The third kappa shape index (κ3) is 1.72. The van der Waals surface area contributed by atoms with E-state index >= 15 is 0 Å². The highest BCUT2D eigenvalue weighted by molar-refractivity contribution is 6.03. The molecule has 0 aliphatic carbocycles. The lowest BCUT2D eigenvalue weighted by Crippen LogP contribution is -1.97. The molecule has 0 atom stereocenters. The molecule has 0 amide bonds. The van der Waals surface area contributed by atoms with Crippen LogP contribution in [0.25, 0.3) is 5.52 Å². The summed E-state index contributed by atoms with van der Waals surface area (Å²) in [7, 11) is 0. The van der Waals surface area contributed by atoms with E-state index in [1.807, 2.05) is 0 Å². The van der Waals surface area contributed by atoms with Gasteiger partial charge < -0.3 is 0 Å². The number of rotatable bonds is 2. The number of Topliss-reactive ketones (excluding diaryl/α,β-unsaturated/α-hetero) is 1. The predicted octanol–water partition coefficient (Wildman–Crippen LogP) is 1.33. The summed E-state index contributed by atoms with van der Waals surface area (Å²) in [6.07, 6.45) is 6.74. The van der Waals surface area contributed by atoms with E-state index in [4.69, 9.17) is 0 Å². The fraction of sp³-hybridized carbons (Fsp3) is 0.182. The molecule has 2 rings (SSSR count). The number of fused-ring (bicyclic) bond motifs is 1. The Morgan fingerprint density at radius 3 is 3.20 bits per heavy atom. The topological polar surface area (TPSA) is 47.3 Å². The highest BCUT2D eigenvalue weighted by Crippen LogP contribution is 2.10. The highest BCUT2D eigenvalue weighted by Gasteiger charge is 2.10. The van der Waals surface area contributed by atoms with Gasteiger partial charge in [0.15, 0.2) is 5.78 Å². The molecule has 0 aliphatic rings. The Morgan fingerprint density at radius 1 is 1.53 bits per heavy atom. The molecule has 4 heteroatoms. The van der Waals surface area contributed by atoms with E-state index in [9.17, 15) is 4.79 Å². The minimum absolute atomic E-state index is 0.0210. The minimum atomic E-state index is -0.0210. The number of carbonyl (C=O) groups excluding carboxylic acids is 1. The molecular weight excluding hydrogens is 190 g/mol. The Balaban J connectivity index is 2.42. The number of ketones is 1. The Bertz CT molecular complexity index is 560. The lowest BCUT2D eigenvalue weighted by atomic mass is 10.1. The van der Waals surface area contributed by atoms with Crippen LogP contribution < -0.4 is 0 Å². The van der Waals surface area contributed by atoms with Crippen molar-refractivity contribution in [1.82, 2.24) is 14.6 Å². The molecule has 0 N–H and O–H groups in total. The lowest BCUT2D eigenvalue weighted by molar-refractivity contribution is 0.0999. The van der Waals surface area contributed by atoms with E-state index < -0.39 is 0 Å². The molecule has 2 heterocycles. The number of aromatic nitrogens is 3. The third-order valence-corrected chi connectivity index (χ3v) is 2.05. The van der Waals surface area contributed by atoms with Crippen LogP contribution in [0.15, 0.2) is 24.8 Å². The highest BCUT2D eigenvalue weighted by atomic mass is 16.1. The quantitative estimate of drug-likeness (QED) is 0.541. The van der Waals surface area contributed by atoms with Crippen molar-refractivity contribution in [2.24, 2.45) is 0 Å². The van der Waals surface area contributed by atoms with Crippen molar-refractivity contribution in [3.8, 4) is 11.8 Å². The normalized spacial score (nSPS) is 9.67. The van der Waals surface area contributed by atoms with E-state index in [1.165, 1.54) is 0 Å². The number of carbonyl (C=O) groups is 1. The van der Waals surface area contributed by atoms with Gasteiger partial charge in [-0.1, -0.05) is 5.92 Å². The van der Waals surface area contributed by atoms with Gasteiger partial charge in [-0.05, 0) is 6.92 Å². The minimum Gasteiger partial charge on any atom is -0.293 e. The predicted molar refractivity (Wildman–Crippen MR) is 55.4 cm³/mol. The Hall–Kier alpha value is -2.15. The fourth-order valence-electron chi connectivity index (χ4n) is 1.31. The van der Waals surface area contributed by atoms with E-state index in [0.717, 1.165) is 5.52 Å². The SMILES string of the molecule is CC#CCC(=O)c1cnn2ccncc12. The molecule has 4 nitrogen and oxygen atoms in total. The molecule has 74 valence electrons. The Kier molecular flexibility index (Phi) is 2.46. The lowest BCUT2D eigenvalue weighted by Gasteiger charge is -1.93. The second-order valence-electron chi connectivity index (χ2n) is 2.99. The molecule has 0 spiro atoms. The zero-order valence-corrected chi connectivity index (χ0v) is 8.27. The molecule has 0 radical (unpaired) electrons. The van der Waals surface area contributed by atoms with Crippen LogP contribution >= 0.6 is 0 Å². The summed E-state index contributed by atoms with van der Waals surface area (Å²) < 4.78 is 1.62. The first-order valence-electron chi connectivity index (χ1n) is 4.53. The fourth-order valence-corrected chi connectivity index (χ4v) is 1.31. The van der Waals surface area contributed by atoms with Gasteiger partial charge in [-0.3, -0.25) is 9.78 Å². The van der Waals surface area contributed by atoms with Gasteiger partial charge in [0, 0.05) is 12.4 Å². The number of hydrogen-bond donors (Lipinski definition) is 0. The molecule has 15 heavy (non-hydrogen) atoms. The monoisotopic (exact) mass is 199 g/mol. The van der Waals surface area contributed by atoms with Crippen LogP contribution in [0.1, 0.15) is 23.7 Å². The van der Waals surface area contributed by atoms with Crippen LogP contribution in [0, 0.1) is 11.8 Å². The van der Waals surface area contributed by atoms with Crippen LogP contribution in [0.3, 0.4) is 0 Å².